The number of methoxy groups -OCH3 is 1. The first-order chi connectivity index (χ1) is 10.6. The molecule has 0 aliphatic rings. The standard InChI is InChI=1S/C16H13N3O3/c1-22-13-7-4-6-12(9-13)18-15(20)16(21)19-14-8-3-2-5-11(14)10-17/h2-9H,1H3,(H,18,20)(H,19,21). The predicted octanol–water partition coefficient (Wildman–Crippen LogP) is 2.14. The highest BCUT2D eigenvalue weighted by Gasteiger charge is 2.15. The lowest BCUT2D eigenvalue weighted by Crippen LogP contribution is -2.29. The topological polar surface area (TPSA) is 91.2 Å². The normalized spacial score (nSPS) is 9.45. The van der Waals surface area contributed by atoms with Crippen molar-refractivity contribution in [1.29, 1.82) is 5.26 Å². The summed E-state index contributed by atoms with van der Waals surface area (Å²) in [6, 6.07) is 15.0. The number of benzene rings is 2. The first kappa shape index (κ1) is 15.1. The molecule has 6 heteroatoms. The van der Waals surface area contributed by atoms with E-state index in [0.717, 1.165) is 0 Å². The number of carbonyl (C=O) groups is 2. The molecule has 0 unspecified atom stereocenters. The molecule has 2 amide bonds. The molecule has 0 aromatic heterocycles. The molecule has 0 atom stereocenters. The van der Waals surface area contributed by atoms with Crippen LogP contribution in [0.15, 0.2) is 48.5 Å². The molecule has 6 nitrogen and oxygen atoms in total. The molecule has 2 rings (SSSR count). The molecule has 0 fully saturated rings. The van der Waals surface area contributed by atoms with Gasteiger partial charge in [-0.05, 0) is 24.3 Å². The number of nitriles is 1. The van der Waals surface area contributed by atoms with Crippen molar-refractivity contribution in [3.8, 4) is 11.8 Å². The monoisotopic (exact) mass is 295 g/mol. The van der Waals surface area contributed by atoms with Gasteiger partial charge in [-0.25, -0.2) is 0 Å². The number of para-hydroxylation sites is 1. The average Bonchev–Trinajstić information content (AvgIpc) is 2.55. The Morgan fingerprint density at radius 3 is 2.50 bits per heavy atom. The predicted molar refractivity (Wildman–Crippen MR) is 81.4 cm³/mol. The SMILES string of the molecule is COc1cccc(NC(=O)C(=O)Nc2ccccc2C#N)c1. The maximum atomic E-state index is 11.9. The third-order valence-corrected chi connectivity index (χ3v) is 2.83. The van der Waals surface area contributed by atoms with Gasteiger partial charge in [0.2, 0.25) is 0 Å². The van der Waals surface area contributed by atoms with E-state index in [1.54, 1.807) is 48.5 Å². The lowest BCUT2D eigenvalue weighted by atomic mass is 10.2. The first-order valence-electron chi connectivity index (χ1n) is 6.39. The van der Waals surface area contributed by atoms with Gasteiger partial charge in [-0.15, -0.1) is 0 Å². The van der Waals surface area contributed by atoms with Crippen molar-refractivity contribution in [3.05, 3.63) is 54.1 Å². The summed E-state index contributed by atoms with van der Waals surface area (Å²) in [4.78, 5) is 23.7. The minimum Gasteiger partial charge on any atom is -0.497 e. The second kappa shape index (κ2) is 6.90. The molecule has 0 heterocycles. The van der Waals surface area contributed by atoms with Crippen LogP contribution in [0.1, 0.15) is 5.56 Å². The van der Waals surface area contributed by atoms with E-state index in [2.05, 4.69) is 10.6 Å². The van der Waals surface area contributed by atoms with Gasteiger partial charge < -0.3 is 15.4 Å². The highest BCUT2D eigenvalue weighted by molar-refractivity contribution is 6.43. The summed E-state index contributed by atoms with van der Waals surface area (Å²) in [6.07, 6.45) is 0. The fourth-order valence-electron chi connectivity index (χ4n) is 1.76. The first-order valence-corrected chi connectivity index (χ1v) is 6.39. The van der Waals surface area contributed by atoms with Crippen LogP contribution in [-0.4, -0.2) is 18.9 Å². The molecular weight excluding hydrogens is 282 g/mol. The number of hydrogen-bond donors (Lipinski definition) is 2. The summed E-state index contributed by atoms with van der Waals surface area (Å²) in [6.45, 7) is 0. The van der Waals surface area contributed by atoms with Crippen molar-refractivity contribution in [2.75, 3.05) is 17.7 Å². The third kappa shape index (κ3) is 3.61. The zero-order valence-electron chi connectivity index (χ0n) is 11.8. The number of ether oxygens (including phenoxy) is 1. The zero-order chi connectivity index (χ0) is 15.9. The lowest BCUT2D eigenvalue weighted by molar-refractivity contribution is -0.133. The maximum Gasteiger partial charge on any atom is 0.314 e. The molecule has 0 bridgehead atoms. The quantitative estimate of drug-likeness (QED) is 0.849. The number of carbonyl (C=O) groups excluding carboxylic acids is 2. The van der Waals surface area contributed by atoms with E-state index in [1.165, 1.54) is 7.11 Å². The molecular formula is C16H13N3O3. The van der Waals surface area contributed by atoms with Gasteiger partial charge in [0.05, 0.1) is 18.4 Å². The van der Waals surface area contributed by atoms with E-state index < -0.39 is 11.8 Å². The number of hydrogen-bond acceptors (Lipinski definition) is 4. The highest BCUT2D eigenvalue weighted by Crippen LogP contribution is 2.17. The molecule has 22 heavy (non-hydrogen) atoms. The largest absolute Gasteiger partial charge is 0.497 e. The van der Waals surface area contributed by atoms with Crippen LogP contribution in [0, 0.1) is 11.3 Å². The van der Waals surface area contributed by atoms with Gasteiger partial charge >= 0.3 is 11.8 Å². The van der Waals surface area contributed by atoms with Crippen LogP contribution in [0.25, 0.3) is 0 Å². The minimum absolute atomic E-state index is 0.282. The second-order valence-corrected chi connectivity index (χ2v) is 4.30. The fourth-order valence-corrected chi connectivity index (χ4v) is 1.76. The molecule has 0 aliphatic heterocycles. The number of nitrogens with one attached hydrogen (secondary N) is 2. The van der Waals surface area contributed by atoms with E-state index in [0.29, 0.717) is 11.4 Å². The van der Waals surface area contributed by atoms with Crippen molar-refractivity contribution in [1.82, 2.24) is 0 Å². The van der Waals surface area contributed by atoms with Gasteiger partial charge in [0, 0.05) is 11.8 Å². The third-order valence-electron chi connectivity index (χ3n) is 2.83. The number of amides is 2. The molecule has 0 saturated carbocycles. The Hall–Kier alpha value is -3.33. The van der Waals surface area contributed by atoms with Gasteiger partial charge in [-0.2, -0.15) is 5.26 Å². The van der Waals surface area contributed by atoms with Crippen LogP contribution < -0.4 is 15.4 Å². The minimum atomic E-state index is -0.856. The van der Waals surface area contributed by atoms with Crippen LogP contribution in [0.2, 0.25) is 0 Å². The Morgan fingerprint density at radius 2 is 1.77 bits per heavy atom. The zero-order valence-corrected chi connectivity index (χ0v) is 11.8. The Balaban J connectivity index is 2.06. The average molecular weight is 295 g/mol. The van der Waals surface area contributed by atoms with Crippen molar-refractivity contribution in [2.45, 2.75) is 0 Å². The van der Waals surface area contributed by atoms with Gasteiger partial charge in [0.1, 0.15) is 11.8 Å². The van der Waals surface area contributed by atoms with E-state index in [9.17, 15) is 9.59 Å². The molecule has 2 N–H and O–H groups in total. The summed E-state index contributed by atoms with van der Waals surface area (Å²) in [5, 5.41) is 13.8. The van der Waals surface area contributed by atoms with Crippen LogP contribution in [-0.2, 0) is 9.59 Å². The van der Waals surface area contributed by atoms with Crippen LogP contribution in [0.4, 0.5) is 11.4 Å². The van der Waals surface area contributed by atoms with Gasteiger partial charge in [-0.1, -0.05) is 18.2 Å². The van der Waals surface area contributed by atoms with Crippen molar-refractivity contribution < 1.29 is 14.3 Å². The smallest absolute Gasteiger partial charge is 0.314 e. The maximum absolute atomic E-state index is 11.9. The molecule has 0 saturated heterocycles. The summed E-state index contributed by atoms with van der Waals surface area (Å²) in [7, 11) is 1.51. The van der Waals surface area contributed by atoms with E-state index in [-0.39, 0.29) is 11.3 Å². The summed E-state index contributed by atoms with van der Waals surface area (Å²) in [5.41, 5.74) is 1.01. The molecule has 2 aromatic carbocycles. The Kier molecular flexibility index (Phi) is 4.73. The van der Waals surface area contributed by atoms with Gasteiger partial charge in [0.15, 0.2) is 0 Å². The number of nitrogens with zero attached hydrogens (tertiary/aromatic N) is 1. The molecule has 110 valence electrons. The van der Waals surface area contributed by atoms with Crippen LogP contribution >= 0.6 is 0 Å². The Bertz CT molecular complexity index is 750. The fraction of sp³-hybridized carbons (Fsp3) is 0.0625. The van der Waals surface area contributed by atoms with Gasteiger partial charge in [0.25, 0.3) is 0 Å². The number of rotatable bonds is 3. The summed E-state index contributed by atoms with van der Waals surface area (Å²) in [5.74, 6) is -1.13. The van der Waals surface area contributed by atoms with Crippen molar-refractivity contribution >= 4 is 23.2 Å². The molecule has 0 radical (unpaired) electrons. The second-order valence-electron chi connectivity index (χ2n) is 4.30. The van der Waals surface area contributed by atoms with Crippen LogP contribution in [0.5, 0.6) is 5.75 Å². The molecule has 0 spiro atoms. The van der Waals surface area contributed by atoms with Crippen LogP contribution in [0.3, 0.4) is 0 Å². The summed E-state index contributed by atoms with van der Waals surface area (Å²) < 4.78 is 5.03. The summed E-state index contributed by atoms with van der Waals surface area (Å²) >= 11 is 0. The molecule has 0 aliphatic carbocycles. The highest BCUT2D eigenvalue weighted by atomic mass is 16.5. The van der Waals surface area contributed by atoms with Gasteiger partial charge in [-0.3, -0.25) is 9.59 Å². The van der Waals surface area contributed by atoms with Crippen molar-refractivity contribution in [3.63, 3.8) is 0 Å². The Labute approximate surface area is 127 Å². The lowest BCUT2D eigenvalue weighted by Gasteiger charge is -2.08. The van der Waals surface area contributed by atoms with Crippen molar-refractivity contribution in [2.24, 2.45) is 0 Å². The van der Waals surface area contributed by atoms with E-state index in [1.807, 2.05) is 6.07 Å². The Morgan fingerprint density at radius 1 is 1.05 bits per heavy atom. The van der Waals surface area contributed by atoms with E-state index >= 15 is 0 Å². The molecule has 2 aromatic rings. The van der Waals surface area contributed by atoms with E-state index in [4.69, 9.17) is 10.00 Å². The number of anilines is 2.